The molecule has 1 unspecified atom stereocenters. The van der Waals surface area contributed by atoms with E-state index in [1.54, 1.807) is 7.05 Å². The molecule has 124 valence electrons. The Kier molecular flexibility index (Phi) is 8.89. The first kappa shape index (κ1) is 18.7. The molecule has 0 amide bonds. The van der Waals surface area contributed by atoms with Crippen LogP contribution in [-0.4, -0.2) is 38.1 Å². The number of nitrogens with zero attached hydrogens (tertiary/aromatic N) is 1. The quantitative estimate of drug-likeness (QED) is 0.436. The highest BCUT2D eigenvalue weighted by Crippen LogP contribution is 2.19. The lowest BCUT2D eigenvalue weighted by Gasteiger charge is -2.17. The van der Waals surface area contributed by atoms with Gasteiger partial charge in [0, 0.05) is 32.1 Å². The molecule has 0 aliphatic rings. The number of guanidine groups is 1. The predicted octanol–water partition coefficient (Wildman–Crippen LogP) is 3.38. The van der Waals surface area contributed by atoms with Gasteiger partial charge in [0.25, 0.3) is 0 Å². The van der Waals surface area contributed by atoms with Crippen LogP contribution in [0.25, 0.3) is 0 Å². The largest absolute Gasteiger partial charge is 0.356 e. The van der Waals surface area contributed by atoms with Gasteiger partial charge in [0.1, 0.15) is 11.6 Å². The molecule has 6 heteroatoms. The molecule has 0 saturated carbocycles. The molecule has 1 rings (SSSR count). The molecule has 0 heterocycles. The van der Waals surface area contributed by atoms with Crippen molar-refractivity contribution in [1.29, 1.82) is 0 Å². The Morgan fingerprint density at radius 2 is 2.05 bits per heavy atom. The van der Waals surface area contributed by atoms with Gasteiger partial charge in [0.15, 0.2) is 5.96 Å². The van der Waals surface area contributed by atoms with Gasteiger partial charge in [-0.1, -0.05) is 13.0 Å². The minimum absolute atomic E-state index is 0.0735. The van der Waals surface area contributed by atoms with Crippen LogP contribution in [0.1, 0.15) is 31.2 Å². The fraction of sp³-hybridized carbons (Fsp3) is 0.562. The van der Waals surface area contributed by atoms with Crippen LogP contribution in [0.2, 0.25) is 0 Å². The summed E-state index contributed by atoms with van der Waals surface area (Å²) in [7, 11) is 1.71. The van der Waals surface area contributed by atoms with E-state index in [-0.39, 0.29) is 5.92 Å². The maximum Gasteiger partial charge on any atom is 0.190 e. The van der Waals surface area contributed by atoms with E-state index < -0.39 is 11.6 Å². The summed E-state index contributed by atoms with van der Waals surface area (Å²) in [6, 6.07) is 3.70. The first-order valence-electron chi connectivity index (χ1n) is 7.47. The summed E-state index contributed by atoms with van der Waals surface area (Å²) < 4.78 is 26.6. The lowest BCUT2D eigenvalue weighted by molar-refractivity contribution is 0.555. The molecule has 1 aromatic rings. The van der Waals surface area contributed by atoms with Crippen LogP contribution in [0.3, 0.4) is 0 Å². The van der Waals surface area contributed by atoms with Crippen LogP contribution in [-0.2, 0) is 0 Å². The number of hydrogen-bond donors (Lipinski definition) is 2. The van der Waals surface area contributed by atoms with Crippen molar-refractivity contribution in [3.8, 4) is 0 Å². The molecule has 22 heavy (non-hydrogen) atoms. The summed E-state index contributed by atoms with van der Waals surface area (Å²) >= 11 is 1.84. The van der Waals surface area contributed by atoms with Gasteiger partial charge in [-0.15, -0.1) is 0 Å². The number of thioether (sulfide) groups is 1. The Labute approximate surface area is 136 Å². The smallest absolute Gasteiger partial charge is 0.190 e. The second-order valence-electron chi connectivity index (χ2n) is 5.15. The maximum atomic E-state index is 13.7. The summed E-state index contributed by atoms with van der Waals surface area (Å²) in [4.78, 5) is 4.14. The molecule has 0 saturated heterocycles. The van der Waals surface area contributed by atoms with Crippen LogP contribution in [0.4, 0.5) is 8.78 Å². The minimum atomic E-state index is -0.552. The van der Waals surface area contributed by atoms with Gasteiger partial charge in [-0.25, -0.2) is 8.78 Å². The number of nitrogens with one attached hydrogen (secondary N) is 2. The van der Waals surface area contributed by atoms with Gasteiger partial charge in [0.05, 0.1) is 0 Å². The van der Waals surface area contributed by atoms with Crippen molar-refractivity contribution in [1.82, 2.24) is 10.6 Å². The van der Waals surface area contributed by atoms with E-state index >= 15 is 0 Å². The lowest BCUT2D eigenvalue weighted by Crippen LogP contribution is -2.39. The number of unbranched alkanes of at least 4 members (excludes halogenated alkanes) is 1. The van der Waals surface area contributed by atoms with Crippen LogP contribution in [0.5, 0.6) is 0 Å². The molecule has 0 bridgehead atoms. The first-order valence-corrected chi connectivity index (χ1v) is 8.86. The highest BCUT2D eigenvalue weighted by molar-refractivity contribution is 7.98. The van der Waals surface area contributed by atoms with E-state index in [2.05, 4.69) is 21.9 Å². The second kappa shape index (κ2) is 10.4. The summed E-state index contributed by atoms with van der Waals surface area (Å²) in [5, 5.41) is 6.41. The van der Waals surface area contributed by atoms with Crippen molar-refractivity contribution >= 4 is 17.7 Å². The Balaban J connectivity index is 2.39. The molecule has 3 nitrogen and oxygen atoms in total. The topological polar surface area (TPSA) is 36.4 Å². The average Bonchev–Trinajstić information content (AvgIpc) is 2.49. The van der Waals surface area contributed by atoms with Crippen molar-refractivity contribution < 1.29 is 8.78 Å². The average molecular weight is 329 g/mol. The molecule has 0 spiro atoms. The number of rotatable bonds is 8. The third-order valence-electron chi connectivity index (χ3n) is 3.36. The fourth-order valence-electron chi connectivity index (χ4n) is 2.06. The molecular weight excluding hydrogens is 304 g/mol. The third-order valence-corrected chi connectivity index (χ3v) is 4.06. The van der Waals surface area contributed by atoms with Crippen LogP contribution >= 0.6 is 11.8 Å². The zero-order valence-electron chi connectivity index (χ0n) is 13.5. The van der Waals surface area contributed by atoms with Crippen molar-refractivity contribution in [2.45, 2.75) is 25.7 Å². The van der Waals surface area contributed by atoms with E-state index in [9.17, 15) is 8.78 Å². The van der Waals surface area contributed by atoms with Crippen molar-refractivity contribution in [3.63, 3.8) is 0 Å². The molecule has 1 aromatic carbocycles. The van der Waals surface area contributed by atoms with Crippen LogP contribution in [0.15, 0.2) is 23.2 Å². The zero-order chi connectivity index (χ0) is 16.4. The fourth-order valence-corrected chi connectivity index (χ4v) is 2.55. The minimum Gasteiger partial charge on any atom is -0.356 e. The van der Waals surface area contributed by atoms with E-state index in [1.807, 2.05) is 18.7 Å². The number of benzene rings is 1. The predicted molar refractivity (Wildman–Crippen MR) is 91.8 cm³/mol. The number of aliphatic imine (C=N–C) groups is 1. The van der Waals surface area contributed by atoms with E-state index in [0.717, 1.165) is 24.8 Å². The summed E-state index contributed by atoms with van der Waals surface area (Å²) in [6.45, 7) is 3.29. The van der Waals surface area contributed by atoms with Crippen molar-refractivity contribution in [2.24, 2.45) is 4.99 Å². The highest BCUT2D eigenvalue weighted by Gasteiger charge is 2.12. The third kappa shape index (κ3) is 6.64. The molecular formula is C16H25F2N3S. The van der Waals surface area contributed by atoms with E-state index in [1.165, 1.54) is 18.6 Å². The van der Waals surface area contributed by atoms with E-state index in [4.69, 9.17) is 0 Å². The molecule has 0 aliphatic heterocycles. The lowest BCUT2D eigenvalue weighted by atomic mass is 10.0. The Hall–Kier alpha value is -1.30. The summed E-state index contributed by atoms with van der Waals surface area (Å²) in [5.41, 5.74) is 0.504. The van der Waals surface area contributed by atoms with Gasteiger partial charge in [-0.2, -0.15) is 11.8 Å². The Morgan fingerprint density at radius 1 is 1.27 bits per heavy atom. The summed E-state index contributed by atoms with van der Waals surface area (Å²) in [6.07, 6.45) is 4.36. The second-order valence-corrected chi connectivity index (χ2v) is 6.13. The molecule has 2 N–H and O–H groups in total. The zero-order valence-corrected chi connectivity index (χ0v) is 14.3. The van der Waals surface area contributed by atoms with Crippen LogP contribution < -0.4 is 10.6 Å². The highest BCUT2D eigenvalue weighted by atomic mass is 32.2. The molecule has 1 atom stereocenters. The molecule has 0 aromatic heterocycles. The first-order chi connectivity index (χ1) is 10.6. The van der Waals surface area contributed by atoms with Crippen molar-refractivity contribution in [3.05, 3.63) is 35.4 Å². The molecule has 0 fully saturated rings. The van der Waals surface area contributed by atoms with Gasteiger partial charge >= 0.3 is 0 Å². The normalized spacial score (nSPS) is 13.0. The number of hydrogen-bond acceptors (Lipinski definition) is 2. The van der Waals surface area contributed by atoms with Crippen LogP contribution in [0, 0.1) is 11.6 Å². The summed E-state index contributed by atoms with van der Waals surface area (Å²) in [5.74, 6) is 0.738. The Bertz CT molecular complexity index is 480. The Morgan fingerprint density at radius 3 is 2.68 bits per heavy atom. The monoisotopic (exact) mass is 329 g/mol. The molecule has 0 radical (unpaired) electrons. The maximum absolute atomic E-state index is 13.7. The molecule has 0 aliphatic carbocycles. The van der Waals surface area contributed by atoms with Crippen molar-refractivity contribution in [2.75, 3.05) is 32.1 Å². The van der Waals surface area contributed by atoms with Gasteiger partial charge in [0.2, 0.25) is 0 Å². The standard InChI is InChI=1S/C16H25F2N3S/c1-12(14-7-6-13(17)10-15(14)18)11-21-16(19-2)20-8-4-5-9-22-3/h6-7,10,12H,4-5,8-9,11H2,1-3H3,(H2,19,20,21). The van der Waals surface area contributed by atoms with Gasteiger partial charge < -0.3 is 10.6 Å². The SMILES string of the molecule is CN=C(NCCCCSC)NCC(C)c1ccc(F)cc1F. The number of halogens is 2. The van der Waals surface area contributed by atoms with Gasteiger partial charge in [-0.3, -0.25) is 4.99 Å². The van der Waals surface area contributed by atoms with E-state index in [0.29, 0.717) is 18.1 Å². The van der Waals surface area contributed by atoms with Gasteiger partial charge in [-0.05, 0) is 36.5 Å².